The van der Waals surface area contributed by atoms with Gasteiger partial charge in [-0.1, -0.05) is 0 Å². The van der Waals surface area contributed by atoms with Crippen LogP contribution >= 0.6 is 15.9 Å². The van der Waals surface area contributed by atoms with Crippen LogP contribution in [0.15, 0.2) is 47.2 Å². The Morgan fingerprint density at radius 3 is 2.66 bits per heavy atom. The summed E-state index contributed by atoms with van der Waals surface area (Å²) in [4.78, 5) is 26.8. The Morgan fingerprint density at radius 1 is 1.31 bits per heavy atom. The third kappa shape index (κ3) is 5.60. The minimum Gasteiger partial charge on any atom is -0.455 e. The molecule has 0 bridgehead atoms. The number of nitrogens with zero attached hydrogens (tertiary/aromatic N) is 4. The van der Waals surface area contributed by atoms with E-state index in [2.05, 4.69) is 31.3 Å². The maximum atomic E-state index is 13.0. The van der Waals surface area contributed by atoms with E-state index in [-0.39, 0.29) is 40.3 Å². The highest BCUT2D eigenvalue weighted by Gasteiger charge is 2.37. The van der Waals surface area contributed by atoms with Gasteiger partial charge in [0.15, 0.2) is 5.69 Å². The van der Waals surface area contributed by atoms with Crippen molar-refractivity contribution in [3.8, 4) is 11.5 Å². The van der Waals surface area contributed by atoms with Gasteiger partial charge in [-0.25, -0.2) is 0 Å². The number of hydrogen-bond acceptors (Lipinski definition) is 6. The largest absolute Gasteiger partial charge is 0.455 e. The monoisotopic (exact) mass is 513 g/mol. The zero-order chi connectivity index (χ0) is 23.5. The van der Waals surface area contributed by atoms with Gasteiger partial charge in [-0.15, -0.1) is 0 Å². The van der Waals surface area contributed by atoms with Crippen molar-refractivity contribution in [3.63, 3.8) is 0 Å². The molecule has 0 spiro atoms. The molecule has 0 saturated heterocycles. The molecule has 0 saturated carbocycles. The maximum absolute atomic E-state index is 13.0. The average molecular weight is 514 g/mol. The molecule has 2 heterocycles. The number of non-ortho nitro benzene ring substituents is 1. The Balaban J connectivity index is 1.73. The first-order valence-electron chi connectivity index (χ1n) is 9.02. The number of benzene rings is 1. The SMILES string of the molecule is Cc1c(Br)c(C(F)(F)F)nn1CCC(=O)Nc1cc(Oc2cccnc2)cc([N+](=O)[O-])c1. The molecule has 0 aliphatic heterocycles. The van der Waals surface area contributed by atoms with Crippen molar-refractivity contribution in [2.24, 2.45) is 0 Å². The van der Waals surface area contributed by atoms with Gasteiger partial charge in [-0.05, 0) is 35.0 Å². The molecular formula is C19H15BrF3N5O4. The Bertz CT molecular complexity index is 1150. The van der Waals surface area contributed by atoms with Crippen LogP contribution in [0.5, 0.6) is 11.5 Å². The molecule has 0 unspecified atom stereocenters. The summed E-state index contributed by atoms with van der Waals surface area (Å²) < 4.78 is 45.3. The molecule has 1 amide bonds. The molecule has 2 aromatic heterocycles. The van der Waals surface area contributed by atoms with Crippen LogP contribution in [0.1, 0.15) is 17.8 Å². The van der Waals surface area contributed by atoms with E-state index in [4.69, 9.17) is 4.74 Å². The van der Waals surface area contributed by atoms with Gasteiger partial charge < -0.3 is 10.1 Å². The van der Waals surface area contributed by atoms with Gasteiger partial charge in [0, 0.05) is 24.8 Å². The summed E-state index contributed by atoms with van der Waals surface area (Å²) in [5, 5.41) is 17.2. The van der Waals surface area contributed by atoms with E-state index in [1.165, 1.54) is 31.5 Å². The van der Waals surface area contributed by atoms with Crippen LogP contribution in [-0.4, -0.2) is 25.6 Å². The number of ether oxygens (including phenoxy) is 1. The van der Waals surface area contributed by atoms with Crippen LogP contribution in [0.25, 0.3) is 0 Å². The predicted molar refractivity (Wildman–Crippen MR) is 110 cm³/mol. The number of aromatic nitrogens is 3. The molecule has 0 atom stereocenters. The zero-order valence-electron chi connectivity index (χ0n) is 16.4. The number of pyridine rings is 1. The molecule has 0 fully saturated rings. The van der Waals surface area contributed by atoms with Crippen molar-refractivity contribution in [3.05, 3.63) is 68.7 Å². The van der Waals surface area contributed by atoms with Gasteiger partial charge in [-0.3, -0.25) is 24.6 Å². The van der Waals surface area contributed by atoms with Crippen molar-refractivity contribution < 1.29 is 27.6 Å². The van der Waals surface area contributed by atoms with Crippen molar-refractivity contribution in [2.45, 2.75) is 26.1 Å². The molecule has 0 radical (unpaired) electrons. The third-order valence-electron chi connectivity index (χ3n) is 4.21. The van der Waals surface area contributed by atoms with Gasteiger partial charge in [0.05, 0.1) is 39.6 Å². The summed E-state index contributed by atoms with van der Waals surface area (Å²) in [6.45, 7) is 1.31. The lowest BCUT2D eigenvalue weighted by Crippen LogP contribution is -2.16. The van der Waals surface area contributed by atoms with Crippen molar-refractivity contribution in [2.75, 3.05) is 5.32 Å². The molecule has 3 rings (SSSR count). The van der Waals surface area contributed by atoms with Crippen LogP contribution in [0.3, 0.4) is 0 Å². The number of carbonyl (C=O) groups is 1. The van der Waals surface area contributed by atoms with Gasteiger partial charge in [0.25, 0.3) is 5.69 Å². The lowest BCUT2D eigenvalue weighted by Gasteiger charge is -2.10. The highest BCUT2D eigenvalue weighted by molar-refractivity contribution is 9.10. The van der Waals surface area contributed by atoms with Crippen molar-refractivity contribution >= 4 is 33.2 Å². The number of halogens is 4. The van der Waals surface area contributed by atoms with Gasteiger partial charge in [-0.2, -0.15) is 18.3 Å². The van der Waals surface area contributed by atoms with Crippen molar-refractivity contribution in [1.82, 2.24) is 14.8 Å². The fraction of sp³-hybridized carbons (Fsp3) is 0.211. The molecule has 9 nitrogen and oxygen atoms in total. The second-order valence-electron chi connectivity index (χ2n) is 6.53. The first-order valence-corrected chi connectivity index (χ1v) is 9.81. The number of nitro groups is 1. The van der Waals surface area contributed by atoms with Crippen LogP contribution in [-0.2, 0) is 17.5 Å². The number of carbonyl (C=O) groups excluding carboxylic acids is 1. The molecule has 1 aromatic carbocycles. The number of nitro benzene ring substituents is 1. The van der Waals surface area contributed by atoms with E-state index >= 15 is 0 Å². The standard InChI is InChI=1S/C19H15BrF3N5O4/c1-11-17(20)18(19(21,22)23)26-27(11)6-4-16(29)25-12-7-13(28(30)31)9-15(8-12)32-14-3-2-5-24-10-14/h2-3,5,7-10H,4,6H2,1H3,(H,25,29). The quantitative estimate of drug-likeness (QED) is 0.347. The lowest BCUT2D eigenvalue weighted by molar-refractivity contribution is -0.384. The number of rotatable bonds is 7. The highest BCUT2D eigenvalue weighted by atomic mass is 79.9. The van der Waals surface area contributed by atoms with Crippen molar-refractivity contribution in [1.29, 1.82) is 0 Å². The minimum atomic E-state index is -4.63. The Morgan fingerprint density at radius 2 is 2.06 bits per heavy atom. The normalized spacial score (nSPS) is 11.3. The third-order valence-corrected chi connectivity index (χ3v) is 5.16. The fourth-order valence-corrected chi connectivity index (χ4v) is 3.23. The molecule has 0 aliphatic carbocycles. The van der Waals surface area contributed by atoms with E-state index < -0.39 is 22.7 Å². The van der Waals surface area contributed by atoms with E-state index in [1.54, 1.807) is 12.1 Å². The summed E-state index contributed by atoms with van der Waals surface area (Å²) in [5.74, 6) is -0.132. The highest BCUT2D eigenvalue weighted by Crippen LogP contribution is 2.35. The molecule has 3 aromatic rings. The topological polar surface area (TPSA) is 112 Å². The summed E-state index contributed by atoms with van der Waals surface area (Å²) in [6.07, 6.45) is -1.90. The van der Waals surface area contributed by atoms with Gasteiger partial charge in [0.1, 0.15) is 11.5 Å². The van der Waals surface area contributed by atoms with Crippen LogP contribution in [0, 0.1) is 17.0 Å². The number of aryl methyl sites for hydroxylation is 1. The summed E-state index contributed by atoms with van der Waals surface area (Å²) >= 11 is 2.87. The predicted octanol–water partition coefficient (Wildman–Crippen LogP) is 5.10. The van der Waals surface area contributed by atoms with E-state index in [1.807, 2.05) is 0 Å². The van der Waals surface area contributed by atoms with E-state index in [9.17, 15) is 28.1 Å². The Labute approximate surface area is 187 Å². The molecule has 13 heteroatoms. The molecule has 32 heavy (non-hydrogen) atoms. The smallest absolute Gasteiger partial charge is 0.436 e. The molecule has 1 N–H and O–H groups in total. The summed E-state index contributed by atoms with van der Waals surface area (Å²) in [5.41, 5.74) is -1.08. The molecular weight excluding hydrogens is 499 g/mol. The summed E-state index contributed by atoms with van der Waals surface area (Å²) in [7, 11) is 0. The second kappa shape index (κ2) is 9.34. The van der Waals surface area contributed by atoms with Gasteiger partial charge >= 0.3 is 6.18 Å². The molecule has 0 aliphatic rings. The lowest BCUT2D eigenvalue weighted by atomic mass is 10.2. The minimum absolute atomic E-state index is 0.0949. The second-order valence-corrected chi connectivity index (χ2v) is 7.32. The van der Waals surface area contributed by atoms with Crippen LogP contribution in [0.4, 0.5) is 24.5 Å². The summed E-state index contributed by atoms with van der Waals surface area (Å²) in [6, 6.07) is 6.94. The zero-order valence-corrected chi connectivity index (χ0v) is 18.0. The fourth-order valence-electron chi connectivity index (χ4n) is 2.72. The van der Waals surface area contributed by atoms with Gasteiger partial charge in [0.2, 0.25) is 5.91 Å². The Kier molecular flexibility index (Phi) is 6.77. The van der Waals surface area contributed by atoms with E-state index in [0.29, 0.717) is 5.75 Å². The molecule has 168 valence electrons. The maximum Gasteiger partial charge on any atom is 0.436 e. The Hall–Kier alpha value is -3.48. The number of hydrogen-bond donors (Lipinski definition) is 1. The van der Waals surface area contributed by atoms with Crippen LogP contribution in [0.2, 0.25) is 0 Å². The first kappa shape index (κ1) is 23.2. The number of alkyl halides is 3. The van der Waals surface area contributed by atoms with Crippen LogP contribution < -0.4 is 10.1 Å². The number of anilines is 1. The number of amides is 1. The number of nitrogens with one attached hydrogen (secondary N) is 1. The first-order chi connectivity index (χ1) is 15.0. The average Bonchev–Trinajstić information content (AvgIpc) is 3.01. The van der Waals surface area contributed by atoms with E-state index in [0.717, 1.165) is 10.7 Å².